The molecule has 1 aromatic heterocycles. The average Bonchev–Trinajstić information content (AvgIpc) is 3.08. The predicted octanol–water partition coefficient (Wildman–Crippen LogP) is 1.95. The Morgan fingerprint density at radius 2 is 2.12 bits per heavy atom. The molecule has 0 saturated carbocycles. The Kier molecular flexibility index (Phi) is 4.68. The number of hydrogen-bond acceptors (Lipinski definition) is 9. The largest absolute Gasteiger partial charge is 0.468 e. The lowest BCUT2D eigenvalue weighted by atomic mass is 9.98. The molecular formula is C15H19N5O5. The number of esters is 1. The molecule has 3 rings (SSSR count). The number of methoxy groups -OCH3 is 1. The molecule has 0 bridgehead atoms. The Bertz CT molecular complexity index is 797. The molecule has 10 heteroatoms. The van der Waals surface area contributed by atoms with Crippen LogP contribution >= 0.6 is 0 Å². The van der Waals surface area contributed by atoms with Gasteiger partial charge in [-0.3, -0.25) is 14.9 Å². The first kappa shape index (κ1) is 16.9. The van der Waals surface area contributed by atoms with Crippen LogP contribution in [0.5, 0.6) is 0 Å². The molecule has 1 N–H and O–H groups in total. The van der Waals surface area contributed by atoms with E-state index in [1.54, 1.807) is 6.07 Å². The molecule has 0 unspecified atom stereocenters. The molecule has 1 aliphatic heterocycles. The van der Waals surface area contributed by atoms with Gasteiger partial charge in [0.15, 0.2) is 5.52 Å². The fourth-order valence-corrected chi connectivity index (χ4v) is 2.96. The lowest BCUT2D eigenvalue weighted by molar-refractivity contribution is -0.382. The van der Waals surface area contributed by atoms with Gasteiger partial charge in [-0.25, -0.2) is 4.63 Å². The molecule has 2 heterocycles. The van der Waals surface area contributed by atoms with Crippen LogP contribution in [0.2, 0.25) is 0 Å². The monoisotopic (exact) mass is 349 g/mol. The first-order valence-electron chi connectivity index (χ1n) is 8.00. The van der Waals surface area contributed by atoms with E-state index in [9.17, 15) is 14.9 Å². The van der Waals surface area contributed by atoms with Crippen molar-refractivity contribution in [3.63, 3.8) is 0 Å². The molecule has 0 atom stereocenters. The van der Waals surface area contributed by atoms with Gasteiger partial charge in [0.2, 0.25) is 5.52 Å². The van der Waals surface area contributed by atoms with Gasteiger partial charge in [0.25, 0.3) is 0 Å². The van der Waals surface area contributed by atoms with E-state index in [0.717, 1.165) is 25.9 Å². The molecule has 0 aliphatic carbocycles. The molecule has 1 aliphatic rings. The van der Waals surface area contributed by atoms with Crippen molar-refractivity contribution in [2.24, 2.45) is 5.92 Å². The zero-order valence-corrected chi connectivity index (χ0v) is 14.0. The summed E-state index contributed by atoms with van der Waals surface area (Å²) in [6.45, 7) is 3.51. The third-order valence-corrected chi connectivity index (χ3v) is 4.45. The summed E-state index contributed by atoms with van der Waals surface area (Å²) in [4.78, 5) is 24.5. The summed E-state index contributed by atoms with van der Waals surface area (Å²) in [6.07, 6.45) is 1.91. The van der Waals surface area contributed by atoms with E-state index in [1.807, 2.05) is 4.90 Å². The van der Waals surface area contributed by atoms with Crippen molar-refractivity contribution in [1.29, 1.82) is 0 Å². The number of nitro benzene ring substituents is 1. The molecule has 25 heavy (non-hydrogen) atoms. The zero-order chi connectivity index (χ0) is 18.0. The zero-order valence-electron chi connectivity index (χ0n) is 14.0. The van der Waals surface area contributed by atoms with Crippen molar-refractivity contribution in [3.05, 3.63) is 16.2 Å². The van der Waals surface area contributed by atoms with Crippen molar-refractivity contribution in [2.75, 3.05) is 37.0 Å². The molecule has 1 aromatic carbocycles. The molecule has 0 spiro atoms. The number of fused-ring (bicyclic) bond motifs is 1. The van der Waals surface area contributed by atoms with E-state index >= 15 is 0 Å². The van der Waals surface area contributed by atoms with Crippen LogP contribution in [0.4, 0.5) is 17.1 Å². The maximum absolute atomic E-state index is 11.6. The number of rotatable bonds is 5. The van der Waals surface area contributed by atoms with Gasteiger partial charge in [0, 0.05) is 13.1 Å². The molecule has 10 nitrogen and oxygen atoms in total. The summed E-state index contributed by atoms with van der Waals surface area (Å²) >= 11 is 0. The smallest absolute Gasteiger partial charge is 0.325 e. The number of anilines is 2. The van der Waals surface area contributed by atoms with Gasteiger partial charge in [-0.2, -0.15) is 0 Å². The Morgan fingerprint density at radius 3 is 2.76 bits per heavy atom. The second-order valence-corrected chi connectivity index (χ2v) is 6.11. The van der Waals surface area contributed by atoms with Crippen LogP contribution in [0.25, 0.3) is 11.0 Å². The number of nitro groups is 1. The molecule has 2 aromatic rings. The topological polar surface area (TPSA) is 124 Å². The number of nitrogens with one attached hydrogen (secondary N) is 1. The maximum Gasteiger partial charge on any atom is 0.325 e. The van der Waals surface area contributed by atoms with E-state index in [-0.39, 0.29) is 23.3 Å². The fraction of sp³-hybridized carbons (Fsp3) is 0.533. The van der Waals surface area contributed by atoms with E-state index in [2.05, 4.69) is 27.3 Å². The highest BCUT2D eigenvalue weighted by Gasteiger charge is 2.30. The highest BCUT2D eigenvalue weighted by molar-refractivity contribution is 6.00. The molecule has 134 valence electrons. The molecule has 1 fully saturated rings. The summed E-state index contributed by atoms with van der Waals surface area (Å²) in [5.41, 5.74) is 1.04. The number of benzene rings is 1. The third-order valence-electron chi connectivity index (χ3n) is 4.45. The quantitative estimate of drug-likeness (QED) is 0.490. The second kappa shape index (κ2) is 6.91. The van der Waals surface area contributed by atoms with Gasteiger partial charge in [-0.15, -0.1) is 0 Å². The van der Waals surface area contributed by atoms with Crippen molar-refractivity contribution < 1.29 is 19.1 Å². The van der Waals surface area contributed by atoms with E-state index in [1.165, 1.54) is 7.11 Å². The SMILES string of the molecule is COC(=O)CNc1cc(N2CCC(C)CC2)c([N+](=O)[O-])c2nonc12. The van der Waals surface area contributed by atoms with Crippen LogP contribution in [0.3, 0.4) is 0 Å². The number of ether oxygens (including phenoxy) is 1. The number of piperidine rings is 1. The minimum atomic E-state index is -0.468. The molecule has 0 radical (unpaired) electrons. The first-order valence-corrected chi connectivity index (χ1v) is 8.00. The van der Waals surface area contributed by atoms with E-state index in [4.69, 9.17) is 4.63 Å². The maximum atomic E-state index is 11.6. The normalized spacial score (nSPS) is 15.4. The van der Waals surface area contributed by atoms with Gasteiger partial charge >= 0.3 is 11.7 Å². The van der Waals surface area contributed by atoms with E-state index < -0.39 is 10.9 Å². The molecule has 0 amide bonds. The molecule has 1 saturated heterocycles. The van der Waals surface area contributed by atoms with Gasteiger partial charge in [0.05, 0.1) is 17.7 Å². The Labute approximate surface area is 143 Å². The summed E-state index contributed by atoms with van der Waals surface area (Å²) in [5.74, 6) is 0.126. The number of hydrogen-bond donors (Lipinski definition) is 1. The third kappa shape index (κ3) is 3.32. The van der Waals surface area contributed by atoms with Gasteiger partial charge < -0.3 is 15.0 Å². The Hall–Kier alpha value is -2.91. The summed E-state index contributed by atoms with van der Waals surface area (Å²) in [7, 11) is 1.29. The Balaban J connectivity index is 2.05. The number of carbonyl (C=O) groups excluding carboxylic acids is 1. The predicted molar refractivity (Wildman–Crippen MR) is 89.6 cm³/mol. The summed E-state index contributed by atoms with van der Waals surface area (Å²) < 4.78 is 9.32. The highest BCUT2D eigenvalue weighted by atomic mass is 16.6. The van der Waals surface area contributed by atoms with Crippen LogP contribution in [-0.4, -0.2) is 48.0 Å². The van der Waals surface area contributed by atoms with Gasteiger partial charge in [-0.05, 0) is 35.1 Å². The standard InChI is InChI=1S/C15H19N5O5/c1-9-3-5-19(6-4-9)11-7-10(16-8-12(21)24-2)13-14(18-25-17-13)15(11)20(22)23/h7,9,16H,3-6,8H2,1-2H3. The van der Waals surface area contributed by atoms with Crippen molar-refractivity contribution in [2.45, 2.75) is 19.8 Å². The van der Waals surface area contributed by atoms with Crippen LogP contribution in [0.15, 0.2) is 10.7 Å². The minimum Gasteiger partial charge on any atom is -0.468 e. The molecular weight excluding hydrogens is 330 g/mol. The highest BCUT2D eigenvalue weighted by Crippen LogP contribution is 2.40. The lowest BCUT2D eigenvalue weighted by Gasteiger charge is -2.31. The van der Waals surface area contributed by atoms with E-state index in [0.29, 0.717) is 17.3 Å². The van der Waals surface area contributed by atoms with Crippen LogP contribution in [-0.2, 0) is 9.53 Å². The minimum absolute atomic E-state index is 0.0634. The van der Waals surface area contributed by atoms with Crippen LogP contribution in [0, 0.1) is 16.0 Å². The van der Waals surface area contributed by atoms with Crippen LogP contribution in [0.1, 0.15) is 19.8 Å². The van der Waals surface area contributed by atoms with Crippen molar-refractivity contribution >= 4 is 34.1 Å². The number of aromatic nitrogens is 2. The summed E-state index contributed by atoms with van der Waals surface area (Å²) in [6, 6.07) is 1.63. The average molecular weight is 349 g/mol. The first-order chi connectivity index (χ1) is 12.0. The van der Waals surface area contributed by atoms with Gasteiger partial charge in [0.1, 0.15) is 12.2 Å². The number of carbonyl (C=O) groups is 1. The van der Waals surface area contributed by atoms with Crippen molar-refractivity contribution in [1.82, 2.24) is 10.3 Å². The van der Waals surface area contributed by atoms with Crippen molar-refractivity contribution in [3.8, 4) is 0 Å². The summed E-state index contributed by atoms with van der Waals surface area (Å²) in [5, 5.41) is 22.0. The van der Waals surface area contributed by atoms with Gasteiger partial charge in [-0.1, -0.05) is 6.92 Å². The second-order valence-electron chi connectivity index (χ2n) is 6.11. The Morgan fingerprint density at radius 1 is 1.44 bits per heavy atom. The number of nitrogens with zero attached hydrogens (tertiary/aromatic N) is 4. The van der Waals surface area contributed by atoms with Crippen LogP contribution < -0.4 is 10.2 Å². The lowest BCUT2D eigenvalue weighted by Crippen LogP contribution is -2.33. The fourth-order valence-electron chi connectivity index (χ4n) is 2.96.